The van der Waals surface area contributed by atoms with Gasteiger partial charge >= 0.3 is 0 Å². The monoisotopic (exact) mass is 225 g/mol. The average Bonchev–Trinajstić information content (AvgIpc) is 2.96. The molecule has 2 aliphatic heterocycles. The summed E-state index contributed by atoms with van der Waals surface area (Å²) in [4.78, 5) is 7.70. The highest BCUT2D eigenvalue weighted by atomic mass is 15.2. The van der Waals surface area contributed by atoms with Gasteiger partial charge in [-0.05, 0) is 58.9 Å². The van der Waals surface area contributed by atoms with Crippen LogP contribution >= 0.6 is 0 Å². The molecule has 2 rings (SSSR count). The fraction of sp³-hybridized carbons (Fsp3) is 1.00. The number of likely N-dealkylation sites (tertiary alicyclic amines) is 2. The number of hydrogen-bond donors (Lipinski definition) is 0. The topological polar surface area (TPSA) is 9.72 Å². The van der Waals surface area contributed by atoms with Crippen molar-refractivity contribution in [2.45, 2.75) is 25.7 Å². The summed E-state index contributed by atoms with van der Waals surface area (Å²) in [5, 5.41) is 0. The molecule has 94 valence electrons. The van der Waals surface area contributed by atoms with E-state index in [9.17, 15) is 0 Å². The Labute approximate surface area is 100 Å². The molecule has 0 N–H and O–H groups in total. The van der Waals surface area contributed by atoms with Gasteiger partial charge in [-0.15, -0.1) is 0 Å². The van der Waals surface area contributed by atoms with Crippen molar-refractivity contribution in [2.24, 2.45) is 0 Å². The first-order valence-corrected chi connectivity index (χ1v) is 6.98. The molecule has 2 heterocycles. The fourth-order valence-electron chi connectivity index (χ4n) is 2.75. The summed E-state index contributed by atoms with van der Waals surface area (Å²) in [6.07, 6.45) is 5.66. The van der Waals surface area contributed by atoms with Crippen LogP contribution in [0.15, 0.2) is 0 Å². The molecule has 3 heteroatoms. The molecule has 2 saturated heterocycles. The van der Waals surface area contributed by atoms with Gasteiger partial charge < -0.3 is 14.7 Å². The van der Waals surface area contributed by atoms with E-state index >= 15 is 0 Å². The van der Waals surface area contributed by atoms with Gasteiger partial charge in [0.05, 0.1) is 0 Å². The lowest BCUT2D eigenvalue weighted by molar-refractivity contribution is 0.226. The largest absolute Gasteiger partial charge is 0.304 e. The number of rotatable bonds is 6. The quantitative estimate of drug-likeness (QED) is 0.670. The van der Waals surface area contributed by atoms with E-state index in [1.165, 1.54) is 78.0 Å². The van der Waals surface area contributed by atoms with Crippen molar-refractivity contribution in [3.8, 4) is 0 Å². The Balaban J connectivity index is 1.51. The third kappa shape index (κ3) is 4.04. The van der Waals surface area contributed by atoms with Crippen LogP contribution in [0.25, 0.3) is 0 Å². The number of hydrogen-bond acceptors (Lipinski definition) is 3. The molecular weight excluding hydrogens is 198 g/mol. The van der Waals surface area contributed by atoms with Gasteiger partial charge in [0.2, 0.25) is 0 Å². The number of nitrogens with zero attached hydrogens (tertiary/aromatic N) is 3. The van der Waals surface area contributed by atoms with Crippen molar-refractivity contribution in [3.63, 3.8) is 0 Å². The third-order valence-electron chi connectivity index (χ3n) is 3.99. The third-order valence-corrected chi connectivity index (χ3v) is 3.99. The summed E-state index contributed by atoms with van der Waals surface area (Å²) >= 11 is 0. The highest BCUT2D eigenvalue weighted by Gasteiger charge is 2.13. The smallest absolute Gasteiger partial charge is 0.0109 e. The maximum Gasteiger partial charge on any atom is 0.0109 e. The van der Waals surface area contributed by atoms with Crippen LogP contribution in [0.5, 0.6) is 0 Å². The standard InChI is InChI=1S/C13H27N3/c1-14(10-12-15-6-2-3-7-15)11-13-16-8-4-5-9-16/h2-13H2,1H3. The molecule has 0 radical (unpaired) electrons. The van der Waals surface area contributed by atoms with Crippen LogP contribution in [0.2, 0.25) is 0 Å². The van der Waals surface area contributed by atoms with Gasteiger partial charge in [0, 0.05) is 26.2 Å². The molecule has 2 fully saturated rings. The molecular formula is C13H27N3. The van der Waals surface area contributed by atoms with Crippen molar-refractivity contribution < 1.29 is 0 Å². The SMILES string of the molecule is CN(CCN1CCCC1)CCN1CCCC1. The Hall–Kier alpha value is -0.120. The molecule has 0 unspecified atom stereocenters. The first-order chi connectivity index (χ1) is 7.84. The zero-order valence-corrected chi connectivity index (χ0v) is 10.8. The van der Waals surface area contributed by atoms with Gasteiger partial charge in [-0.1, -0.05) is 0 Å². The molecule has 0 aromatic heterocycles. The van der Waals surface area contributed by atoms with Gasteiger partial charge in [0.1, 0.15) is 0 Å². The Morgan fingerprint density at radius 1 is 0.750 bits per heavy atom. The van der Waals surface area contributed by atoms with E-state index in [1.807, 2.05) is 0 Å². The predicted molar refractivity (Wildman–Crippen MR) is 68.8 cm³/mol. The van der Waals surface area contributed by atoms with Crippen LogP contribution in [-0.2, 0) is 0 Å². The van der Waals surface area contributed by atoms with Crippen molar-refractivity contribution >= 4 is 0 Å². The molecule has 0 atom stereocenters. The molecule has 0 bridgehead atoms. The molecule has 0 saturated carbocycles. The lowest BCUT2D eigenvalue weighted by Crippen LogP contribution is -2.36. The molecule has 16 heavy (non-hydrogen) atoms. The summed E-state index contributed by atoms with van der Waals surface area (Å²) < 4.78 is 0. The molecule has 0 aromatic rings. The summed E-state index contributed by atoms with van der Waals surface area (Å²) in [6, 6.07) is 0. The van der Waals surface area contributed by atoms with Crippen molar-refractivity contribution in [3.05, 3.63) is 0 Å². The van der Waals surface area contributed by atoms with Crippen LogP contribution < -0.4 is 0 Å². The van der Waals surface area contributed by atoms with Gasteiger partial charge in [-0.2, -0.15) is 0 Å². The normalized spacial score (nSPS) is 23.6. The molecule has 3 nitrogen and oxygen atoms in total. The second kappa shape index (κ2) is 6.58. The second-order valence-electron chi connectivity index (χ2n) is 5.40. The summed E-state index contributed by atoms with van der Waals surface area (Å²) in [7, 11) is 2.27. The summed E-state index contributed by atoms with van der Waals surface area (Å²) in [5.41, 5.74) is 0. The lowest BCUT2D eigenvalue weighted by Gasteiger charge is -2.23. The summed E-state index contributed by atoms with van der Waals surface area (Å²) in [5.74, 6) is 0. The van der Waals surface area contributed by atoms with Gasteiger partial charge in [0.15, 0.2) is 0 Å². The van der Waals surface area contributed by atoms with E-state index in [1.54, 1.807) is 0 Å². The minimum atomic E-state index is 1.24. The zero-order chi connectivity index (χ0) is 11.2. The summed E-state index contributed by atoms with van der Waals surface area (Å²) in [6.45, 7) is 10.4. The van der Waals surface area contributed by atoms with E-state index in [-0.39, 0.29) is 0 Å². The minimum absolute atomic E-state index is 1.24. The molecule has 0 aliphatic carbocycles. The maximum atomic E-state index is 2.60. The molecule has 2 aliphatic rings. The van der Waals surface area contributed by atoms with Crippen LogP contribution in [0.3, 0.4) is 0 Å². The highest BCUT2D eigenvalue weighted by Crippen LogP contribution is 2.08. The van der Waals surface area contributed by atoms with Crippen LogP contribution in [-0.4, -0.2) is 74.1 Å². The Bertz CT molecular complexity index is 164. The minimum Gasteiger partial charge on any atom is -0.304 e. The molecule has 0 spiro atoms. The van der Waals surface area contributed by atoms with Gasteiger partial charge in [0.25, 0.3) is 0 Å². The van der Waals surface area contributed by atoms with Gasteiger partial charge in [-0.25, -0.2) is 0 Å². The Morgan fingerprint density at radius 2 is 1.12 bits per heavy atom. The predicted octanol–water partition coefficient (Wildman–Crippen LogP) is 1.11. The van der Waals surface area contributed by atoms with E-state index in [2.05, 4.69) is 21.7 Å². The van der Waals surface area contributed by atoms with Crippen LogP contribution in [0.4, 0.5) is 0 Å². The van der Waals surface area contributed by atoms with E-state index in [0.29, 0.717) is 0 Å². The Morgan fingerprint density at radius 3 is 1.50 bits per heavy atom. The first-order valence-electron chi connectivity index (χ1n) is 6.98. The van der Waals surface area contributed by atoms with Crippen LogP contribution in [0, 0.1) is 0 Å². The fourth-order valence-corrected chi connectivity index (χ4v) is 2.75. The first kappa shape index (κ1) is 12.3. The lowest BCUT2D eigenvalue weighted by atomic mass is 10.4. The van der Waals surface area contributed by atoms with E-state index < -0.39 is 0 Å². The molecule has 0 amide bonds. The number of likely N-dealkylation sites (N-methyl/N-ethyl adjacent to an activating group) is 1. The highest BCUT2D eigenvalue weighted by molar-refractivity contribution is 4.70. The zero-order valence-electron chi connectivity index (χ0n) is 10.8. The Kier molecular flexibility index (Phi) is 5.07. The maximum absolute atomic E-state index is 2.60. The average molecular weight is 225 g/mol. The molecule has 0 aromatic carbocycles. The van der Waals surface area contributed by atoms with Crippen LogP contribution in [0.1, 0.15) is 25.7 Å². The van der Waals surface area contributed by atoms with Crippen molar-refractivity contribution in [2.75, 3.05) is 59.4 Å². The van der Waals surface area contributed by atoms with E-state index in [0.717, 1.165) is 0 Å². The van der Waals surface area contributed by atoms with Crippen molar-refractivity contribution in [1.82, 2.24) is 14.7 Å². The van der Waals surface area contributed by atoms with Crippen molar-refractivity contribution in [1.29, 1.82) is 0 Å². The van der Waals surface area contributed by atoms with Gasteiger partial charge in [-0.3, -0.25) is 0 Å². The second-order valence-corrected chi connectivity index (χ2v) is 5.40. The van der Waals surface area contributed by atoms with E-state index in [4.69, 9.17) is 0 Å².